The van der Waals surface area contributed by atoms with Crippen LogP contribution in [0, 0.1) is 0 Å². The van der Waals surface area contributed by atoms with E-state index in [-0.39, 0.29) is 0 Å². The minimum atomic E-state index is 0.907. The molecule has 0 bridgehead atoms. The smallest absolute Gasteiger partial charge is 0.0533 e. The first-order valence-electron chi connectivity index (χ1n) is 3.70. The molecular weight excluding hydrogens is 136 g/mol. The van der Waals surface area contributed by atoms with E-state index in [0.29, 0.717) is 0 Å². The molecule has 0 radical (unpaired) electrons. The molecule has 0 atom stereocenters. The molecule has 2 nitrogen and oxygen atoms in total. The van der Waals surface area contributed by atoms with Gasteiger partial charge in [0.05, 0.1) is 5.70 Å². The van der Waals surface area contributed by atoms with Gasteiger partial charge in [-0.15, -0.1) is 0 Å². The fraction of sp³-hybridized carbons (Fsp3) is 0.111. The zero-order chi connectivity index (χ0) is 7.52. The van der Waals surface area contributed by atoms with Crippen molar-refractivity contribution < 1.29 is 0 Å². The highest BCUT2D eigenvalue weighted by atomic mass is 15.4. The van der Waals surface area contributed by atoms with E-state index in [1.807, 2.05) is 24.3 Å². The van der Waals surface area contributed by atoms with Gasteiger partial charge >= 0.3 is 0 Å². The van der Waals surface area contributed by atoms with E-state index in [1.165, 1.54) is 11.3 Å². The van der Waals surface area contributed by atoms with E-state index in [9.17, 15) is 0 Å². The molecule has 11 heavy (non-hydrogen) atoms. The third kappa shape index (κ3) is 1.25. The lowest BCUT2D eigenvalue weighted by Gasteiger charge is -1.96. The summed E-state index contributed by atoms with van der Waals surface area (Å²) >= 11 is 0. The van der Waals surface area contributed by atoms with E-state index in [0.717, 1.165) is 6.54 Å². The van der Waals surface area contributed by atoms with Crippen LogP contribution in [0.2, 0.25) is 0 Å². The second-order valence-corrected chi connectivity index (χ2v) is 2.52. The SMILES string of the molecule is C1=CC=CC2=C(C=C1)CNN2. The first-order chi connectivity index (χ1) is 5.47. The average molecular weight is 146 g/mol. The van der Waals surface area contributed by atoms with E-state index in [1.54, 1.807) is 0 Å². The predicted octanol–water partition coefficient (Wildman–Crippen LogP) is 1.03. The molecular formula is C9H10N2. The highest BCUT2D eigenvalue weighted by Crippen LogP contribution is 2.10. The number of nitrogens with one attached hydrogen (secondary N) is 2. The summed E-state index contributed by atoms with van der Waals surface area (Å²) in [6.45, 7) is 0.907. The van der Waals surface area contributed by atoms with Gasteiger partial charge in [0, 0.05) is 6.54 Å². The van der Waals surface area contributed by atoms with Crippen LogP contribution in [0.3, 0.4) is 0 Å². The molecule has 0 fully saturated rings. The third-order valence-electron chi connectivity index (χ3n) is 1.74. The maximum absolute atomic E-state index is 3.08. The van der Waals surface area contributed by atoms with Crippen molar-refractivity contribution in [3.05, 3.63) is 47.7 Å². The summed E-state index contributed by atoms with van der Waals surface area (Å²) in [6, 6.07) is 0. The van der Waals surface area contributed by atoms with Crippen molar-refractivity contribution in [1.29, 1.82) is 0 Å². The van der Waals surface area contributed by atoms with Crippen LogP contribution in [0.5, 0.6) is 0 Å². The molecule has 56 valence electrons. The molecule has 1 aliphatic heterocycles. The largest absolute Gasteiger partial charge is 0.321 e. The van der Waals surface area contributed by atoms with Gasteiger partial charge in [0.1, 0.15) is 0 Å². The molecule has 2 N–H and O–H groups in total. The van der Waals surface area contributed by atoms with Crippen molar-refractivity contribution in [2.45, 2.75) is 0 Å². The van der Waals surface area contributed by atoms with Crippen LogP contribution in [-0.4, -0.2) is 6.54 Å². The number of hydrogen-bond donors (Lipinski definition) is 2. The van der Waals surface area contributed by atoms with E-state index >= 15 is 0 Å². The van der Waals surface area contributed by atoms with E-state index < -0.39 is 0 Å². The molecule has 0 saturated heterocycles. The fourth-order valence-electron chi connectivity index (χ4n) is 1.16. The molecule has 0 aromatic carbocycles. The Labute approximate surface area is 66.0 Å². The number of allylic oxidation sites excluding steroid dienone is 5. The highest BCUT2D eigenvalue weighted by Gasteiger charge is 2.07. The molecule has 0 spiro atoms. The van der Waals surface area contributed by atoms with Crippen LogP contribution in [0.15, 0.2) is 47.7 Å². The summed E-state index contributed by atoms with van der Waals surface area (Å²) in [7, 11) is 0. The van der Waals surface area contributed by atoms with Gasteiger partial charge in [-0.3, -0.25) is 0 Å². The molecule has 0 aromatic rings. The lowest BCUT2D eigenvalue weighted by molar-refractivity contribution is 0.708. The minimum Gasteiger partial charge on any atom is -0.321 e. The van der Waals surface area contributed by atoms with Crippen LogP contribution in [-0.2, 0) is 0 Å². The van der Waals surface area contributed by atoms with Crippen molar-refractivity contribution in [3.8, 4) is 0 Å². The lowest BCUT2D eigenvalue weighted by Crippen LogP contribution is -2.23. The molecule has 1 heterocycles. The summed E-state index contributed by atoms with van der Waals surface area (Å²) < 4.78 is 0. The second kappa shape index (κ2) is 2.76. The zero-order valence-corrected chi connectivity index (χ0v) is 6.17. The average Bonchev–Trinajstić information content (AvgIpc) is 2.35. The van der Waals surface area contributed by atoms with Crippen molar-refractivity contribution in [2.24, 2.45) is 0 Å². The van der Waals surface area contributed by atoms with Crippen molar-refractivity contribution in [3.63, 3.8) is 0 Å². The van der Waals surface area contributed by atoms with Gasteiger partial charge < -0.3 is 5.43 Å². The third-order valence-corrected chi connectivity index (χ3v) is 1.74. The molecule has 0 saturated carbocycles. The molecule has 0 unspecified atom stereocenters. The van der Waals surface area contributed by atoms with Gasteiger partial charge in [0.25, 0.3) is 0 Å². The Morgan fingerprint density at radius 3 is 2.73 bits per heavy atom. The minimum absolute atomic E-state index is 0.907. The first-order valence-corrected chi connectivity index (χ1v) is 3.70. The van der Waals surface area contributed by atoms with E-state index in [2.05, 4.69) is 23.0 Å². The molecule has 1 aliphatic carbocycles. The van der Waals surface area contributed by atoms with Crippen LogP contribution in [0.1, 0.15) is 0 Å². The zero-order valence-electron chi connectivity index (χ0n) is 6.17. The molecule has 0 amide bonds. The standard InChI is InChI=1S/C9H10N2/c1-2-4-6-9-8(5-3-1)7-10-11-9/h1-6,10-11H,7H2. The molecule has 2 heteroatoms. The van der Waals surface area contributed by atoms with Crippen LogP contribution in [0.4, 0.5) is 0 Å². The molecule has 2 rings (SSSR count). The summed E-state index contributed by atoms with van der Waals surface area (Å²) in [5, 5.41) is 0. The summed E-state index contributed by atoms with van der Waals surface area (Å²) in [6.07, 6.45) is 12.3. The lowest BCUT2D eigenvalue weighted by atomic mass is 10.1. The molecule has 2 aliphatic rings. The quantitative estimate of drug-likeness (QED) is 0.533. The highest BCUT2D eigenvalue weighted by molar-refractivity contribution is 5.39. The van der Waals surface area contributed by atoms with Gasteiger partial charge in [-0.25, -0.2) is 5.43 Å². The summed E-state index contributed by atoms with van der Waals surface area (Å²) in [5.74, 6) is 0. The Morgan fingerprint density at radius 2 is 1.82 bits per heavy atom. The normalized spacial score (nSPS) is 21.1. The Morgan fingerprint density at radius 1 is 1.00 bits per heavy atom. The summed E-state index contributed by atoms with van der Waals surface area (Å²) in [4.78, 5) is 0. The Bertz CT molecular complexity index is 243. The van der Waals surface area contributed by atoms with Crippen LogP contribution >= 0.6 is 0 Å². The maximum Gasteiger partial charge on any atom is 0.0533 e. The Hall–Kier alpha value is -1.28. The first kappa shape index (κ1) is 6.43. The maximum atomic E-state index is 3.08. The Balaban J connectivity index is 2.33. The number of hydrazine groups is 1. The van der Waals surface area contributed by atoms with Crippen molar-refractivity contribution >= 4 is 0 Å². The van der Waals surface area contributed by atoms with Gasteiger partial charge in [-0.2, -0.15) is 0 Å². The Kier molecular flexibility index (Phi) is 1.61. The monoisotopic (exact) mass is 146 g/mol. The summed E-state index contributed by atoms with van der Waals surface area (Å²) in [5.41, 5.74) is 8.63. The van der Waals surface area contributed by atoms with Crippen LogP contribution in [0.25, 0.3) is 0 Å². The van der Waals surface area contributed by atoms with Crippen molar-refractivity contribution in [1.82, 2.24) is 10.9 Å². The van der Waals surface area contributed by atoms with Crippen LogP contribution < -0.4 is 10.9 Å². The van der Waals surface area contributed by atoms with Gasteiger partial charge in [-0.05, 0) is 11.6 Å². The number of hydrogen-bond acceptors (Lipinski definition) is 2. The second-order valence-electron chi connectivity index (χ2n) is 2.52. The van der Waals surface area contributed by atoms with Crippen molar-refractivity contribution in [2.75, 3.05) is 6.54 Å². The van der Waals surface area contributed by atoms with Gasteiger partial charge in [0.2, 0.25) is 0 Å². The van der Waals surface area contributed by atoms with E-state index in [4.69, 9.17) is 0 Å². The fourth-order valence-corrected chi connectivity index (χ4v) is 1.16. The topological polar surface area (TPSA) is 24.1 Å². The number of rotatable bonds is 0. The van der Waals surface area contributed by atoms with Gasteiger partial charge in [0.15, 0.2) is 0 Å². The molecule has 0 aromatic heterocycles. The predicted molar refractivity (Wildman–Crippen MR) is 45.6 cm³/mol. The van der Waals surface area contributed by atoms with Gasteiger partial charge in [-0.1, -0.05) is 30.4 Å².